The molecule has 0 saturated heterocycles. The van der Waals surface area contributed by atoms with Crippen molar-refractivity contribution in [3.05, 3.63) is 0 Å². The van der Waals surface area contributed by atoms with Crippen LogP contribution in [0, 0.1) is 12.3 Å². The largest absolute Gasteiger partial charge is 0.389 e. The van der Waals surface area contributed by atoms with E-state index in [1.54, 1.807) is 0 Å². The molecule has 0 aliphatic carbocycles. The molecule has 0 spiro atoms. The molecule has 1 N–H and O–H groups in total. The van der Waals surface area contributed by atoms with Crippen LogP contribution in [0.15, 0.2) is 0 Å². The van der Waals surface area contributed by atoms with Gasteiger partial charge in [-0.3, -0.25) is 0 Å². The molecule has 0 aliphatic heterocycles. The van der Waals surface area contributed by atoms with Gasteiger partial charge in [-0.2, -0.15) is 13.2 Å². The molecule has 12 heavy (non-hydrogen) atoms. The number of rotatable bonds is 5. The lowest BCUT2D eigenvalue weighted by atomic mass is 10.2. The minimum atomic E-state index is -4.02. The maximum absolute atomic E-state index is 11.6. The minimum absolute atomic E-state index is 0.168. The van der Waals surface area contributed by atoms with Crippen molar-refractivity contribution < 1.29 is 13.2 Å². The third kappa shape index (κ3) is 9.31. The number of alkyl halides is 3. The molecule has 0 aromatic rings. The van der Waals surface area contributed by atoms with E-state index in [0.717, 1.165) is 0 Å². The van der Waals surface area contributed by atoms with E-state index < -0.39 is 12.6 Å². The lowest BCUT2D eigenvalue weighted by molar-refractivity contribution is -0.135. The molecule has 0 amide bonds. The first-order chi connectivity index (χ1) is 5.56. The Labute approximate surface area is 70.3 Å². The van der Waals surface area contributed by atoms with Crippen molar-refractivity contribution in [3.8, 4) is 12.3 Å². The fourth-order valence-electron chi connectivity index (χ4n) is 0.736. The lowest BCUT2D eigenvalue weighted by Crippen LogP contribution is -2.16. The minimum Gasteiger partial charge on any atom is -0.306 e. The van der Waals surface area contributed by atoms with E-state index in [2.05, 4.69) is 11.2 Å². The quantitative estimate of drug-likeness (QED) is 0.502. The second-order valence-electron chi connectivity index (χ2n) is 2.45. The molecule has 0 heterocycles. The van der Waals surface area contributed by atoms with Gasteiger partial charge in [-0.1, -0.05) is 5.92 Å². The van der Waals surface area contributed by atoms with Gasteiger partial charge in [0.05, 0.1) is 6.54 Å². The predicted octanol–water partition coefficient (Wildman–Crippen LogP) is 1.94. The van der Waals surface area contributed by atoms with Crippen LogP contribution >= 0.6 is 0 Å². The molecule has 0 aliphatic rings. The van der Waals surface area contributed by atoms with Crippen molar-refractivity contribution in [1.82, 2.24) is 5.32 Å². The van der Waals surface area contributed by atoms with Gasteiger partial charge in [0.15, 0.2) is 0 Å². The van der Waals surface area contributed by atoms with Crippen molar-refractivity contribution >= 4 is 0 Å². The summed E-state index contributed by atoms with van der Waals surface area (Å²) in [5.74, 6) is 2.34. The summed E-state index contributed by atoms with van der Waals surface area (Å²) in [4.78, 5) is 0. The molecule has 70 valence electrons. The number of hydrogen-bond donors (Lipinski definition) is 1. The highest BCUT2D eigenvalue weighted by Gasteiger charge is 2.25. The number of unbranched alkanes of at least 4 members (excludes halogenated alkanes) is 1. The fourth-order valence-corrected chi connectivity index (χ4v) is 0.736. The van der Waals surface area contributed by atoms with E-state index in [9.17, 15) is 13.2 Å². The Bertz CT molecular complexity index is 145. The zero-order valence-corrected chi connectivity index (χ0v) is 6.75. The average Bonchev–Trinajstić information content (AvgIpc) is 1.94. The second kappa shape index (κ2) is 5.90. The van der Waals surface area contributed by atoms with Gasteiger partial charge in [0, 0.05) is 6.42 Å². The van der Waals surface area contributed by atoms with E-state index in [1.807, 2.05) is 0 Å². The van der Waals surface area contributed by atoms with Gasteiger partial charge in [-0.15, -0.1) is 6.42 Å². The SMILES string of the molecule is C#CCNCCCCC(F)(F)F. The van der Waals surface area contributed by atoms with Crippen molar-refractivity contribution in [2.24, 2.45) is 0 Å². The third-order valence-corrected chi connectivity index (χ3v) is 1.29. The normalized spacial score (nSPS) is 11.2. The first-order valence-corrected chi connectivity index (χ1v) is 3.77. The standard InChI is InChI=1S/C8H12F3N/c1-2-6-12-7-4-3-5-8(9,10)11/h1,12H,3-7H2. The molecular formula is C8H12F3N. The van der Waals surface area contributed by atoms with Crippen molar-refractivity contribution in [1.29, 1.82) is 0 Å². The first-order valence-electron chi connectivity index (χ1n) is 3.77. The van der Waals surface area contributed by atoms with E-state index in [4.69, 9.17) is 6.42 Å². The van der Waals surface area contributed by atoms with Crippen LogP contribution in [-0.2, 0) is 0 Å². The van der Waals surface area contributed by atoms with Crippen molar-refractivity contribution in [2.75, 3.05) is 13.1 Å². The number of halogens is 3. The zero-order chi connectivity index (χ0) is 9.45. The lowest BCUT2D eigenvalue weighted by Gasteiger charge is -2.05. The Morgan fingerprint density at radius 3 is 2.42 bits per heavy atom. The van der Waals surface area contributed by atoms with Crippen LogP contribution in [0.25, 0.3) is 0 Å². The van der Waals surface area contributed by atoms with Crippen LogP contribution in [0.4, 0.5) is 13.2 Å². The first kappa shape index (κ1) is 11.3. The summed E-state index contributed by atoms with van der Waals surface area (Å²) in [7, 11) is 0. The summed E-state index contributed by atoms with van der Waals surface area (Å²) >= 11 is 0. The van der Waals surface area contributed by atoms with Gasteiger partial charge in [0.1, 0.15) is 0 Å². The smallest absolute Gasteiger partial charge is 0.306 e. The second-order valence-corrected chi connectivity index (χ2v) is 2.45. The maximum atomic E-state index is 11.6. The fraction of sp³-hybridized carbons (Fsp3) is 0.750. The molecule has 0 aromatic carbocycles. The summed E-state index contributed by atoms with van der Waals surface area (Å²) in [6, 6.07) is 0. The van der Waals surface area contributed by atoms with Crippen LogP contribution in [0.5, 0.6) is 0 Å². The van der Waals surface area contributed by atoms with Gasteiger partial charge in [-0.05, 0) is 19.4 Å². The summed E-state index contributed by atoms with van der Waals surface area (Å²) in [6.45, 7) is 0.978. The summed E-state index contributed by atoms with van der Waals surface area (Å²) < 4.78 is 34.7. The molecular weight excluding hydrogens is 167 g/mol. The van der Waals surface area contributed by atoms with E-state index in [-0.39, 0.29) is 6.42 Å². The average molecular weight is 179 g/mol. The number of nitrogens with one attached hydrogen (secondary N) is 1. The highest BCUT2D eigenvalue weighted by molar-refractivity contribution is 4.86. The van der Waals surface area contributed by atoms with Gasteiger partial charge in [0.2, 0.25) is 0 Å². The summed E-state index contributed by atoms with van der Waals surface area (Å²) in [5, 5.41) is 2.82. The van der Waals surface area contributed by atoms with Crippen molar-refractivity contribution in [3.63, 3.8) is 0 Å². The highest BCUT2D eigenvalue weighted by atomic mass is 19.4. The van der Waals surface area contributed by atoms with E-state index in [1.165, 1.54) is 0 Å². The molecule has 0 unspecified atom stereocenters. The molecule has 0 fully saturated rings. The van der Waals surface area contributed by atoms with Gasteiger partial charge in [-0.25, -0.2) is 0 Å². The monoisotopic (exact) mass is 179 g/mol. The van der Waals surface area contributed by atoms with E-state index >= 15 is 0 Å². The van der Waals surface area contributed by atoms with E-state index in [0.29, 0.717) is 19.5 Å². The van der Waals surface area contributed by atoms with Crippen LogP contribution in [0.2, 0.25) is 0 Å². The molecule has 1 nitrogen and oxygen atoms in total. The summed E-state index contributed by atoms with van der Waals surface area (Å²) in [5.41, 5.74) is 0. The third-order valence-electron chi connectivity index (χ3n) is 1.29. The van der Waals surface area contributed by atoms with Crippen LogP contribution in [0.1, 0.15) is 19.3 Å². The Kier molecular flexibility index (Phi) is 5.56. The van der Waals surface area contributed by atoms with Crippen molar-refractivity contribution in [2.45, 2.75) is 25.4 Å². The number of terminal acetylenes is 1. The van der Waals surface area contributed by atoms with Crippen LogP contribution < -0.4 is 5.32 Å². The molecule has 4 heteroatoms. The Morgan fingerprint density at radius 2 is 1.92 bits per heavy atom. The highest BCUT2D eigenvalue weighted by Crippen LogP contribution is 2.21. The van der Waals surface area contributed by atoms with Gasteiger partial charge >= 0.3 is 6.18 Å². The Hall–Kier alpha value is -0.690. The Morgan fingerprint density at radius 1 is 1.25 bits per heavy atom. The molecule has 0 bridgehead atoms. The molecule has 0 radical (unpaired) electrons. The Balaban J connectivity index is 3.07. The topological polar surface area (TPSA) is 12.0 Å². The van der Waals surface area contributed by atoms with Crippen LogP contribution in [-0.4, -0.2) is 19.3 Å². The number of hydrogen-bond acceptors (Lipinski definition) is 1. The van der Waals surface area contributed by atoms with Crippen LogP contribution in [0.3, 0.4) is 0 Å². The van der Waals surface area contributed by atoms with Gasteiger partial charge < -0.3 is 5.32 Å². The zero-order valence-electron chi connectivity index (χ0n) is 6.75. The van der Waals surface area contributed by atoms with Gasteiger partial charge in [0.25, 0.3) is 0 Å². The predicted molar refractivity (Wildman–Crippen MR) is 41.6 cm³/mol. The molecule has 0 aromatic heterocycles. The molecule has 0 rings (SSSR count). The summed E-state index contributed by atoms with van der Waals surface area (Å²) in [6.07, 6.45) is 0.877. The maximum Gasteiger partial charge on any atom is 0.389 e. The molecule has 0 saturated carbocycles. The molecule has 0 atom stereocenters.